The Morgan fingerprint density at radius 1 is 1.48 bits per heavy atom. The van der Waals surface area contributed by atoms with E-state index in [1.807, 2.05) is 0 Å². The van der Waals surface area contributed by atoms with E-state index in [1.54, 1.807) is 20.8 Å². The van der Waals surface area contributed by atoms with E-state index < -0.39 is 36.9 Å². The van der Waals surface area contributed by atoms with E-state index in [0.717, 1.165) is 0 Å². The molecule has 21 heavy (non-hydrogen) atoms. The molecule has 1 amide bonds. The molecule has 0 aliphatic carbocycles. The smallest absolute Gasteiger partial charge is 0.407 e. The van der Waals surface area contributed by atoms with Gasteiger partial charge in [-0.1, -0.05) is 6.92 Å². The highest BCUT2D eigenvalue weighted by molar-refractivity contribution is 7.55. The quantitative estimate of drug-likeness (QED) is 0.804. The highest BCUT2D eigenvalue weighted by atomic mass is 31.2. The maximum absolute atomic E-state index is 14.2. The van der Waals surface area contributed by atoms with E-state index in [2.05, 4.69) is 9.84 Å². The first-order chi connectivity index (χ1) is 9.43. The predicted octanol–water partition coefficient (Wildman–Crippen LogP) is 3.37. The van der Waals surface area contributed by atoms with Crippen LogP contribution < -0.4 is 5.32 Å². The van der Waals surface area contributed by atoms with E-state index in [9.17, 15) is 18.1 Å². The second-order valence-corrected chi connectivity index (χ2v) is 7.95. The fourth-order valence-electron chi connectivity index (χ4n) is 1.82. The summed E-state index contributed by atoms with van der Waals surface area (Å²) in [4.78, 5) is 11.6. The Balaban J connectivity index is 2.78. The Bertz CT molecular complexity index is 438. The van der Waals surface area contributed by atoms with Crippen LogP contribution in [0.15, 0.2) is 0 Å². The lowest BCUT2D eigenvalue weighted by molar-refractivity contribution is -0.0533. The van der Waals surface area contributed by atoms with Crippen LogP contribution in [-0.2, 0) is 18.3 Å². The highest BCUT2D eigenvalue weighted by Gasteiger charge is 2.62. The van der Waals surface area contributed by atoms with Gasteiger partial charge in [-0.25, -0.2) is 4.79 Å². The van der Waals surface area contributed by atoms with Crippen LogP contribution in [0.1, 0.15) is 34.6 Å². The van der Waals surface area contributed by atoms with Crippen molar-refractivity contribution in [1.82, 2.24) is 5.32 Å². The second-order valence-electron chi connectivity index (χ2n) is 5.84. The standard InChI is InChI=1S/C12H22F2NO5P/c1-6-18-21(17)12(13,14)8(2)9(7-19-21)15-10(16)20-11(3,4)5/h8-9H,6-7H2,1-5H3,(H,15,16)/t8-,9-,21+/m1/s1. The SMILES string of the molecule is CCO[P@]1(=O)OC[C@@H](NC(=O)OC(C)(C)C)[C@@H](C)C1(F)F. The molecule has 1 heterocycles. The number of ether oxygens (including phenoxy) is 1. The second kappa shape index (κ2) is 6.18. The third kappa shape index (κ3) is 4.14. The van der Waals surface area contributed by atoms with Gasteiger partial charge in [0.2, 0.25) is 0 Å². The van der Waals surface area contributed by atoms with E-state index in [4.69, 9.17) is 9.26 Å². The number of hydrogen-bond donors (Lipinski definition) is 1. The van der Waals surface area contributed by atoms with Crippen LogP contribution in [0.3, 0.4) is 0 Å². The molecule has 0 bridgehead atoms. The molecular formula is C12H22F2NO5P. The summed E-state index contributed by atoms with van der Waals surface area (Å²) in [6.07, 6.45) is -0.827. The summed E-state index contributed by atoms with van der Waals surface area (Å²) < 4.78 is 54.7. The summed E-state index contributed by atoms with van der Waals surface area (Å²) >= 11 is 0. The van der Waals surface area contributed by atoms with Gasteiger partial charge < -0.3 is 19.1 Å². The molecule has 0 unspecified atom stereocenters. The van der Waals surface area contributed by atoms with Crippen LogP contribution in [0.2, 0.25) is 0 Å². The summed E-state index contributed by atoms with van der Waals surface area (Å²) in [6, 6.07) is -1.02. The van der Waals surface area contributed by atoms with Gasteiger partial charge in [-0.15, -0.1) is 0 Å². The summed E-state index contributed by atoms with van der Waals surface area (Å²) in [7, 11) is -4.52. The molecule has 1 aliphatic rings. The summed E-state index contributed by atoms with van der Waals surface area (Å²) in [5, 5.41) is 2.32. The molecule has 0 saturated carbocycles. The Labute approximate surface area is 123 Å². The Morgan fingerprint density at radius 3 is 2.52 bits per heavy atom. The average molecular weight is 329 g/mol. The number of rotatable bonds is 3. The lowest BCUT2D eigenvalue weighted by Gasteiger charge is -2.39. The van der Waals surface area contributed by atoms with Crippen LogP contribution in [0, 0.1) is 5.92 Å². The van der Waals surface area contributed by atoms with Crippen LogP contribution in [-0.4, -0.2) is 36.6 Å². The Hall–Kier alpha value is -0.720. The van der Waals surface area contributed by atoms with Crippen molar-refractivity contribution in [2.45, 2.75) is 51.9 Å². The summed E-state index contributed by atoms with van der Waals surface area (Å²) in [5.41, 5.74) is -4.42. The largest absolute Gasteiger partial charge is 0.444 e. The lowest BCUT2D eigenvalue weighted by Crippen LogP contribution is -2.53. The van der Waals surface area contributed by atoms with Gasteiger partial charge in [-0.3, -0.25) is 4.57 Å². The topological polar surface area (TPSA) is 73.9 Å². The molecule has 1 aliphatic heterocycles. The van der Waals surface area contributed by atoms with Gasteiger partial charge in [0.15, 0.2) is 0 Å². The van der Waals surface area contributed by atoms with Crippen molar-refractivity contribution >= 4 is 13.7 Å². The van der Waals surface area contributed by atoms with E-state index >= 15 is 0 Å². The first-order valence-corrected chi connectivity index (χ1v) is 8.24. The lowest BCUT2D eigenvalue weighted by atomic mass is 10.0. The van der Waals surface area contributed by atoms with E-state index in [-0.39, 0.29) is 13.2 Å². The third-order valence-electron chi connectivity index (χ3n) is 2.94. The van der Waals surface area contributed by atoms with Gasteiger partial charge in [-0.05, 0) is 27.7 Å². The third-order valence-corrected chi connectivity index (χ3v) is 5.17. The summed E-state index contributed by atoms with van der Waals surface area (Å²) in [5.74, 6) is -1.41. The predicted molar refractivity (Wildman–Crippen MR) is 72.5 cm³/mol. The molecule has 9 heteroatoms. The van der Waals surface area contributed by atoms with Crippen molar-refractivity contribution < 1.29 is 31.9 Å². The van der Waals surface area contributed by atoms with Crippen LogP contribution >= 0.6 is 7.60 Å². The normalized spacial score (nSPS) is 32.5. The van der Waals surface area contributed by atoms with E-state index in [0.29, 0.717) is 0 Å². The molecular weight excluding hydrogens is 307 g/mol. The van der Waals surface area contributed by atoms with Crippen LogP contribution in [0.25, 0.3) is 0 Å². The molecule has 1 fully saturated rings. The van der Waals surface area contributed by atoms with Crippen LogP contribution in [0.5, 0.6) is 0 Å². The van der Waals surface area contributed by atoms with Crippen molar-refractivity contribution in [2.75, 3.05) is 13.2 Å². The fourth-order valence-corrected chi connectivity index (χ4v) is 3.61. The number of halogens is 2. The monoisotopic (exact) mass is 329 g/mol. The zero-order valence-corrected chi connectivity index (χ0v) is 13.7. The molecule has 1 saturated heterocycles. The number of alkyl carbamates (subject to hydrolysis) is 1. The molecule has 3 atom stereocenters. The average Bonchev–Trinajstić information content (AvgIpc) is 2.29. The molecule has 6 nitrogen and oxygen atoms in total. The minimum absolute atomic E-state index is 0.149. The minimum Gasteiger partial charge on any atom is -0.444 e. The van der Waals surface area contributed by atoms with Crippen molar-refractivity contribution in [2.24, 2.45) is 5.92 Å². The molecule has 124 valence electrons. The van der Waals surface area contributed by atoms with Gasteiger partial charge >= 0.3 is 19.4 Å². The van der Waals surface area contributed by atoms with Gasteiger partial charge in [0.1, 0.15) is 5.60 Å². The number of alkyl halides is 2. The fraction of sp³-hybridized carbons (Fsp3) is 0.917. The number of carbonyl (C=O) groups is 1. The van der Waals surface area contributed by atoms with Gasteiger partial charge in [0.25, 0.3) is 0 Å². The molecule has 0 spiro atoms. The van der Waals surface area contributed by atoms with Gasteiger partial charge in [0, 0.05) is 0 Å². The number of nitrogens with one attached hydrogen (secondary N) is 1. The van der Waals surface area contributed by atoms with Crippen molar-refractivity contribution in [3.8, 4) is 0 Å². The molecule has 0 aromatic rings. The van der Waals surface area contributed by atoms with Gasteiger partial charge in [-0.2, -0.15) is 8.78 Å². The minimum atomic E-state index is -4.52. The number of carbonyl (C=O) groups excluding carboxylic acids is 1. The molecule has 0 aromatic heterocycles. The Kier molecular flexibility index (Phi) is 5.40. The molecule has 0 radical (unpaired) electrons. The van der Waals surface area contributed by atoms with Gasteiger partial charge in [0.05, 0.1) is 25.2 Å². The molecule has 1 N–H and O–H groups in total. The first-order valence-electron chi connectivity index (χ1n) is 6.69. The highest BCUT2D eigenvalue weighted by Crippen LogP contribution is 2.67. The number of hydrogen-bond acceptors (Lipinski definition) is 5. The maximum atomic E-state index is 14.2. The molecule has 1 rings (SSSR count). The maximum Gasteiger partial charge on any atom is 0.407 e. The van der Waals surface area contributed by atoms with Crippen LogP contribution in [0.4, 0.5) is 13.6 Å². The van der Waals surface area contributed by atoms with E-state index in [1.165, 1.54) is 13.8 Å². The first kappa shape index (κ1) is 18.3. The van der Waals surface area contributed by atoms with Crippen molar-refractivity contribution in [3.05, 3.63) is 0 Å². The number of amides is 1. The van der Waals surface area contributed by atoms with Crippen molar-refractivity contribution in [1.29, 1.82) is 0 Å². The van der Waals surface area contributed by atoms with Crippen molar-refractivity contribution in [3.63, 3.8) is 0 Å². The molecule has 0 aromatic carbocycles. The zero-order chi connectivity index (χ0) is 16.5. The summed E-state index contributed by atoms with van der Waals surface area (Å²) in [6.45, 7) is 7.14. The Morgan fingerprint density at radius 2 is 2.05 bits per heavy atom. The zero-order valence-electron chi connectivity index (χ0n) is 12.8.